The van der Waals surface area contributed by atoms with Crippen molar-refractivity contribution >= 4 is 12.2 Å². The third-order valence-corrected chi connectivity index (χ3v) is 2.57. The number of rotatable bonds is 4. The number of ether oxygens (including phenoxy) is 1. The van der Waals surface area contributed by atoms with E-state index in [-0.39, 0.29) is 11.6 Å². The summed E-state index contributed by atoms with van der Waals surface area (Å²) in [6.07, 6.45) is 1.01. The maximum absolute atomic E-state index is 12.7. The van der Waals surface area contributed by atoms with E-state index in [4.69, 9.17) is 0 Å². The first-order valence-electron chi connectivity index (χ1n) is 5.97. The second kappa shape index (κ2) is 6.74. The molecule has 2 aromatic rings. The summed E-state index contributed by atoms with van der Waals surface area (Å²) < 4.78 is 53.4. The Morgan fingerprint density at radius 1 is 0.762 bits per heavy atom. The highest BCUT2D eigenvalue weighted by Gasteiger charge is 2.07. The maximum atomic E-state index is 12.7. The Balaban J connectivity index is 2.05. The second-order valence-electron chi connectivity index (χ2n) is 4.09. The predicted molar refractivity (Wildman–Crippen MR) is 72.7 cm³/mol. The molecule has 5 heteroatoms. The molecule has 0 saturated heterocycles. The van der Waals surface area contributed by atoms with Crippen LogP contribution >= 0.6 is 0 Å². The van der Waals surface area contributed by atoms with Crippen LogP contribution in [0.2, 0.25) is 0 Å². The standard InChI is InChI=1S/C16H10F4O/c17-13-7-3-11(4-8-13)1-2-12-5-9-14(10-6-12)21-16(20)15(18)19/h1-10H. The Morgan fingerprint density at radius 3 is 1.71 bits per heavy atom. The molecule has 0 unspecified atom stereocenters. The lowest BCUT2D eigenvalue weighted by atomic mass is 10.1. The SMILES string of the molecule is FC(F)=C(F)Oc1ccc(C=Cc2ccc(F)cc2)cc1. The molecule has 2 rings (SSSR count). The zero-order valence-electron chi connectivity index (χ0n) is 10.7. The van der Waals surface area contributed by atoms with Crippen LogP contribution in [0.25, 0.3) is 12.2 Å². The van der Waals surface area contributed by atoms with Crippen molar-refractivity contribution in [2.75, 3.05) is 0 Å². The van der Waals surface area contributed by atoms with Crippen molar-refractivity contribution in [1.82, 2.24) is 0 Å². The van der Waals surface area contributed by atoms with Crippen LogP contribution in [-0.4, -0.2) is 0 Å². The molecule has 0 aliphatic heterocycles. The van der Waals surface area contributed by atoms with Crippen molar-refractivity contribution in [2.24, 2.45) is 0 Å². The molecule has 0 spiro atoms. The summed E-state index contributed by atoms with van der Waals surface area (Å²) in [7, 11) is 0. The van der Waals surface area contributed by atoms with Crippen LogP contribution in [0, 0.1) is 5.82 Å². The molecule has 0 radical (unpaired) electrons. The largest absolute Gasteiger partial charge is 0.428 e. The van der Waals surface area contributed by atoms with Gasteiger partial charge in [0.15, 0.2) is 0 Å². The highest BCUT2D eigenvalue weighted by atomic mass is 19.3. The van der Waals surface area contributed by atoms with Crippen LogP contribution in [0.15, 0.2) is 60.6 Å². The lowest BCUT2D eigenvalue weighted by molar-refractivity contribution is 0.241. The van der Waals surface area contributed by atoms with Crippen molar-refractivity contribution in [2.45, 2.75) is 0 Å². The van der Waals surface area contributed by atoms with Crippen LogP contribution in [0.5, 0.6) is 5.75 Å². The van der Waals surface area contributed by atoms with Gasteiger partial charge in [-0.05, 0) is 35.4 Å². The minimum absolute atomic E-state index is 0.0285. The summed E-state index contributed by atoms with van der Waals surface area (Å²) in [5, 5.41) is 0. The number of hydrogen-bond acceptors (Lipinski definition) is 1. The monoisotopic (exact) mass is 294 g/mol. The average Bonchev–Trinajstić information content (AvgIpc) is 2.48. The zero-order valence-corrected chi connectivity index (χ0v) is 10.7. The van der Waals surface area contributed by atoms with Gasteiger partial charge in [-0.1, -0.05) is 36.4 Å². The van der Waals surface area contributed by atoms with Gasteiger partial charge in [-0.3, -0.25) is 0 Å². The van der Waals surface area contributed by atoms with Crippen molar-refractivity contribution < 1.29 is 22.3 Å². The van der Waals surface area contributed by atoms with E-state index >= 15 is 0 Å². The van der Waals surface area contributed by atoms with E-state index < -0.39 is 12.1 Å². The molecule has 0 heterocycles. The molecule has 0 atom stereocenters. The van der Waals surface area contributed by atoms with Gasteiger partial charge in [-0.25, -0.2) is 4.39 Å². The molecular weight excluding hydrogens is 284 g/mol. The third kappa shape index (κ3) is 4.49. The molecule has 0 aromatic heterocycles. The molecule has 0 N–H and O–H groups in total. The lowest BCUT2D eigenvalue weighted by Crippen LogP contribution is -1.90. The predicted octanol–water partition coefficient (Wildman–Crippen LogP) is 5.41. The van der Waals surface area contributed by atoms with E-state index in [1.807, 2.05) is 0 Å². The fourth-order valence-electron chi connectivity index (χ4n) is 1.56. The first kappa shape index (κ1) is 14.8. The van der Waals surface area contributed by atoms with Gasteiger partial charge < -0.3 is 4.74 Å². The number of hydrogen-bond donors (Lipinski definition) is 0. The highest BCUT2D eigenvalue weighted by Crippen LogP contribution is 2.19. The number of halogens is 4. The quantitative estimate of drug-likeness (QED) is 0.416. The molecule has 0 saturated carbocycles. The summed E-state index contributed by atoms with van der Waals surface area (Å²) >= 11 is 0. The summed E-state index contributed by atoms with van der Waals surface area (Å²) in [4.78, 5) is 0. The van der Waals surface area contributed by atoms with Gasteiger partial charge in [0.2, 0.25) is 0 Å². The molecule has 2 aromatic carbocycles. The van der Waals surface area contributed by atoms with Crippen LogP contribution in [0.4, 0.5) is 17.6 Å². The Morgan fingerprint density at radius 2 is 1.24 bits per heavy atom. The van der Waals surface area contributed by atoms with Crippen molar-refractivity contribution in [3.05, 3.63) is 77.6 Å². The van der Waals surface area contributed by atoms with Gasteiger partial charge in [0.1, 0.15) is 11.6 Å². The summed E-state index contributed by atoms with van der Waals surface area (Å²) in [6, 6.07) is 9.91. The second-order valence-corrected chi connectivity index (χ2v) is 4.09. The Labute approximate surface area is 118 Å². The lowest BCUT2D eigenvalue weighted by Gasteiger charge is -2.02. The van der Waals surface area contributed by atoms with Gasteiger partial charge in [0.05, 0.1) is 0 Å². The van der Waals surface area contributed by atoms with E-state index in [2.05, 4.69) is 4.74 Å². The minimum atomic E-state index is -2.50. The molecule has 1 nitrogen and oxygen atoms in total. The van der Waals surface area contributed by atoms with E-state index in [1.165, 1.54) is 24.3 Å². The van der Waals surface area contributed by atoms with Crippen molar-refractivity contribution in [3.63, 3.8) is 0 Å². The molecule has 0 aliphatic rings. The zero-order chi connectivity index (χ0) is 15.2. The van der Waals surface area contributed by atoms with Crippen LogP contribution in [-0.2, 0) is 0 Å². The number of benzene rings is 2. The first-order chi connectivity index (χ1) is 10.0. The Hall–Kier alpha value is -2.56. The van der Waals surface area contributed by atoms with Gasteiger partial charge in [0.25, 0.3) is 0 Å². The van der Waals surface area contributed by atoms with E-state index in [1.54, 1.807) is 36.4 Å². The van der Waals surface area contributed by atoms with E-state index in [0.717, 1.165) is 11.1 Å². The minimum Gasteiger partial charge on any atom is -0.428 e. The summed E-state index contributed by atoms with van der Waals surface area (Å²) in [5.41, 5.74) is 1.57. The first-order valence-corrected chi connectivity index (χ1v) is 5.97. The van der Waals surface area contributed by atoms with Gasteiger partial charge >= 0.3 is 12.1 Å². The molecule has 0 amide bonds. The normalized spacial score (nSPS) is 10.7. The molecule has 0 aliphatic carbocycles. The summed E-state index contributed by atoms with van der Waals surface area (Å²) in [6.45, 7) is 0. The molecular formula is C16H10F4O. The van der Waals surface area contributed by atoms with Gasteiger partial charge in [-0.15, -0.1) is 0 Å². The maximum Gasteiger partial charge on any atom is 0.344 e. The fraction of sp³-hybridized carbons (Fsp3) is 0. The molecule has 0 bridgehead atoms. The van der Waals surface area contributed by atoms with Gasteiger partial charge in [-0.2, -0.15) is 13.2 Å². The highest BCUT2D eigenvalue weighted by molar-refractivity contribution is 5.69. The fourth-order valence-corrected chi connectivity index (χ4v) is 1.56. The van der Waals surface area contributed by atoms with E-state index in [0.29, 0.717) is 0 Å². The third-order valence-electron chi connectivity index (χ3n) is 2.57. The Kier molecular flexibility index (Phi) is 4.77. The topological polar surface area (TPSA) is 9.23 Å². The summed E-state index contributed by atoms with van der Waals surface area (Å²) in [5.74, 6) is -0.344. The Bertz CT molecular complexity index is 654. The average molecular weight is 294 g/mol. The molecule has 0 fully saturated rings. The van der Waals surface area contributed by atoms with Crippen LogP contribution in [0.1, 0.15) is 11.1 Å². The smallest absolute Gasteiger partial charge is 0.344 e. The molecule has 21 heavy (non-hydrogen) atoms. The van der Waals surface area contributed by atoms with Crippen molar-refractivity contribution in [3.8, 4) is 5.75 Å². The van der Waals surface area contributed by atoms with Crippen LogP contribution < -0.4 is 4.74 Å². The molecule has 108 valence electrons. The van der Waals surface area contributed by atoms with Crippen molar-refractivity contribution in [1.29, 1.82) is 0 Å². The van der Waals surface area contributed by atoms with Crippen LogP contribution in [0.3, 0.4) is 0 Å². The van der Waals surface area contributed by atoms with Gasteiger partial charge in [0, 0.05) is 0 Å². The van der Waals surface area contributed by atoms with E-state index in [9.17, 15) is 17.6 Å².